The van der Waals surface area contributed by atoms with Crippen molar-refractivity contribution in [3.63, 3.8) is 0 Å². The topological polar surface area (TPSA) is 132 Å². The van der Waals surface area contributed by atoms with Crippen molar-refractivity contribution >= 4 is 35.0 Å². The molecule has 1 aromatic heterocycles. The predicted octanol–water partition coefficient (Wildman–Crippen LogP) is 3.72. The molecule has 1 atom stereocenters. The lowest BCUT2D eigenvalue weighted by molar-refractivity contribution is -0.384. The first-order chi connectivity index (χ1) is 16.2. The van der Waals surface area contributed by atoms with Crippen LogP contribution in [0.1, 0.15) is 36.1 Å². The van der Waals surface area contributed by atoms with Crippen LogP contribution in [0.15, 0.2) is 53.7 Å². The molecular weight excluding hydrogens is 463 g/mol. The molecule has 2 amide bonds. The molecular formula is C22H23FN6O4S. The average Bonchev–Trinajstić information content (AvgIpc) is 3.17. The maximum Gasteiger partial charge on any atom is 0.270 e. The summed E-state index contributed by atoms with van der Waals surface area (Å²) in [4.78, 5) is 35.4. The van der Waals surface area contributed by atoms with Gasteiger partial charge in [-0.15, -0.1) is 10.2 Å². The number of anilines is 1. The molecule has 0 unspecified atom stereocenters. The van der Waals surface area contributed by atoms with Crippen LogP contribution in [-0.2, 0) is 11.8 Å². The largest absolute Gasteiger partial charge is 0.342 e. The van der Waals surface area contributed by atoms with Gasteiger partial charge in [0.05, 0.1) is 22.4 Å². The van der Waals surface area contributed by atoms with Crippen molar-refractivity contribution in [2.24, 2.45) is 13.0 Å². The van der Waals surface area contributed by atoms with Gasteiger partial charge in [0.1, 0.15) is 5.82 Å². The number of halogens is 1. The van der Waals surface area contributed by atoms with E-state index >= 15 is 0 Å². The van der Waals surface area contributed by atoms with Crippen LogP contribution in [0.2, 0.25) is 0 Å². The van der Waals surface area contributed by atoms with Gasteiger partial charge in [-0.1, -0.05) is 43.8 Å². The number of nitro groups is 1. The Morgan fingerprint density at radius 2 is 1.91 bits per heavy atom. The highest BCUT2D eigenvalue weighted by Crippen LogP contribution is 2.25. The highest BCUT2D eigenvalue weighted by Gasteiger charge is 2.26. The summed E-state index contributed by atoms with van der Waals surface area (Å²) in [6, 6.07) is 10.8. The molecule has 2 N–H and O–H groups in total. The Labute approximate surface area is 199 Å². The lowest BCUT2D eigenvalue weighted by atomic mass is 10.0. The van der Waals surface area contributed by atoms with E-state index in [2.05, 4.69) is 20.8 Å². The fourth-order valence-electron chi connectivity index (χ4n) is 3.12. The minimum Gasteiger partial charge on any atom is -0.342 e. The van der Waals surface area contributed by atoms with Crippen molar-refractivity contribution in [1.29, 1.82) is 0 Å². The Morgan fingerprint density at radius 1 is 1.18 bits per heavy atom. The number of nitro benzene ring substituents is 1. The second-order valence-electron chi connectivity index (χ2n) is 7.72. The van der Waals surface area contributed by atoms with Crippen LogP contribution in [0.4, 0.5) is 15.8 Å². The molecule has 0 saturated heterocycles. The van der Waals surface area contributed by atoms with E-state index in [1.165, 1.54) is 42.5 Å². The van der Waals surface area contributed by atoms with Gasteiger partial charge in [-0.2, -0.15) is 0 Å². The van der Waals surface area contributed by atoms with Gasteiger partial charge in [-0.25, -0.2) is 4.39 Å². The van der Waals surface area contributed by atoms with Crippen molar-refractivity contribution in [2.75, 3.05) is 11.1 Å². The first kappa shape index (κ1) is 24.8. The number of hydrogen-bond donors (Lipinski definition) is 2. The minimum atomic E-state index is -0.564. The molecule has 0 radical (unpaired) electrons. The van der Waals surface area contributed by atoms with E-state index in [-0.39, 0.29) is 28.6 Å². The molecule has 2 aromatic carbocycles. The first-order valence-corrected chi connectivity index (χ1v) is 11.3. The van der Waals surface area contributed by atoms with E-state index in [0.717, 1.165) is 11.8 Å². The molecule has 0 aliphatic heterocycles. The highest BCUT2D eigenvalue weighted by molar-refractivity contribution is 7.99. The molecule has 0 bridgehead atoms. The van der Waals surface area contributed by atoms with Crippen molar-refractivity contribution in [2.45, 2.75) is 25.0 Å². The van der Waals surface area contributed by atoms with E-state index in [4.69, 9.17) is 0 Å². The molecule has 178 valence electrons. The third-order valence-electron chi connectivity index (χ3n) is 4.90. The maximum absolute atomic E-state index is 13.7. The number of aromatic nitrogens is 3. The zero-order chi connectivity index (χ0) is 24.8. The van der Waals surface area contributed by atoms with E-state index in [1.54, 1.807) is 17.7 Å². The van der Waals surface area contributed by atoms with Gasteiger partial charge < -0.3 is 15.2 Å². The van der Waals surface area contributed by atoms with Crippen LogP contribution >= 0.6 is 11.8 Å². The zero-order valence-corrected chi connectivity index (χ0v) is 19.5. The van der Waals surface area contributed by atoms with Crippen LogP contribution in [0.25, 0.3) is 0 Å². The Balaban J connectivity index is 1.69. The monoisotopic (exact) mass is 486 g/mol. The smallest absolute Gasteiger partial charge is 0.270 e. The normalized spacial score (nSPS) is 11.8. The fourth-order valence-corrected chi connectivity index (χ4v) is 3.83. The fraction of sp³-hybridized carbons (Fsp3) is 0.273. The molecule has 3 aromatic rings. The van der Waals surface area contributed by atoms with Crippen molar-refractivity contribution in [3.05, 3.63) is 75.9 Å². The summed E-state index contributed by atoms with van der Waals surface area (Å²) in [5, 5.41) is 25.1. The van der Waals surface area contributed by atoms with Crippen LogP contribution in [0.3, 0.4) is 0 Å². The van der Waals surface area contributed by atoms with Crippen molar-refractivity contribution in [3.8, 4) is 0 Å². The van der Waals surface area contributed by atoms with Crippen LogP contribution in [0, 0.1) is 21.8 Å². The van der Waals surface area contributed by atoms with Gasteiger partial charge in [-0.05, 0) is 24.1 Å². The molecule has 0 aliphatic carbocycles. The molecule has 10 nitrogen and oxygen atoms in total. The number of rotatable bonds is 9. The summed E-state index contributed by atoms with van der Waals surface area (Å²) in [5.41, 5.74) is 0.0664. The molecule has 1 heterocycles. The number of nitrogens with one attached hydrogen (secondary N) is 2. The Hall–Kier alpha value is -3.80. The molecule has 0 saturated carbocycles. The number of para-hydroxylation sites is 1. The van der Waals surface area contributed by atoms with Crippen LogP contribution in [0.5, 0.6) is 0 Å². The quantitative estimate of drug-likeness (QED) is 0.268. The van der Waals surface area contributed by atoms with E-state index < -0.39 is 28.6 Å². The molecule has 34 heavy (non-hydrogen) atoms. The van der Waals surface area contributed by atoms with E-state index in [1.807, 2.05) is 13.8 Å². The predicted molar refractivity (Wildman–Crippen MR) is 125 cm³/mol. The summed E-state index contributed by atoms with van der Waals surface area (Å²) < 4.78 is 15.4. The number of carbonyl (C=O) groups is 2. The Morgan fingerprint density at radius 3 is 2.59 bits per heavy atom. The Kier molecular flexibility index (Phi) is 7.95. The lowest BCUT2D eigenvalue weighted by Crippen LogP contribution is -2.33. The number of carbonyl (C=O) groups excluding carboxylic acids is 2. The van der Waals surface area contributed by atoms with Crippen LogP contribution < -0.4 is 10.6 Å². The maximum atomic E-state index is 13.7. The number of benzene rings is 2. The number of nitrogens with zero attached hydrogens (tertiary/aromatic N) is 4. The van der Waals surface area contributed by atoms with Gasteiger partial charge in [-0.3, -0.25) is 19.7 Å². The van der Waals surface area contributed by atoms with Gasteiger partial charge in [0.25, 0.3) is 11.6 Å². The summed E-state index contributed by atoms with van der Waals surface area (Å²) in [6.07, 6.45) is 0. The minimum absolute atomic E-state index is 0.0211. The third kappa shape index (κ3) is 5.95. The second-order valence-corrected chi connectivity index (χ2v) is 8.66. The van der Waals surface area contributed by atoms with Gasteiger partial charge in [0, 0.05) is 24.7 Å². The highest BCUT2D eigenvalue weighted by atomic mass is 32.2. The van der Waals surface area contributed by atoms with Gasteiger partial charge >= 0.3 is 0 Å². The van der Waals surface area contributed by atoms with Crippen LogP contribution in [-0.4, -0.2) is 37.3 Å². The van der Waals surface area contributed by atoms with Gasteiger partial charge in [0.2, 0.25) is 5.91 Å². The molecule has 0 spiro atoms. The standard InChI is InChI=1S/C22H23FN6O4S/c1-13(2)19(25-21(31)14-7-6-8-15(11-14)29(32)33)20-26-27-22(28(20)3)34-12-18(30)24-17-10-5-4-9-16(17)23/h4-11,13,19H,12H2,1-3H3,(H,24,30)(H,25,31)/t19-/m0/s1. The second kappa shape index (κ2) is 10.9. The SMILES string of the molecule is CC(C)[C@H](NC(=O)c1cccc([N+](=O)[O-])c1)c1nnc(SCC(=O)Nc2ccccc2F)n1C. The van der Waals surface area contributed by atoms with E-state index in [0.29, 0.717) is 11.0 Å². The zero-order valence-electron chi connectivity index (χ0n) is 18.7. The number of thioether (sulfide) groups is 1. The Bertz CT molecular complexity index is 1220. The summed E-state index contributed by atoms with van der Waals surface area (Å²) in [7, 11) is 1.71. The lowest BCUT2D eigenvalue weighted by Gasteiger charge is -2.21. The van der Waals surface area contributed by atoms with Crippen molar-refractivity contribution in [1.82, 2.24) is 20.1 Å². The number of amides is 2. The average molecular weight is 487 g/mol. The molecule has 3 rings (SSSR count). The van der Waals surface area contributed by atoms with Crippen molar-refractivity contribution < 1.29 is 18.9 Å². The third-order valence-corrected chi connectivity index (χ3v) is 5.92. The summed E-state index contributed by atoms with van der Waals surface area (Å²) in [6.45, 7) is 3.78. The molecule has 0 fully saturated rings. The van der Waals surface area contributed by atoms with Gasteiger partial charge in [0.15, 0.2) is 11.0 Å². The molecule has 0 aliphatic rings. The number of non-ortho nitro benzene ring substituents is 1. The van der Waals surface area contributed by atoms with E-state index in [9.17, 15) is 24.1 Å². The summed E-state index contributed by atoms with van der Waals surface area (Å²) in [5.74, 6) is -1.05. The molecule has 12 heteroatoms. The number of hydrogen-bond acceptors (Lipinski definition) is 7. The summed E-state index contributed by atoms with van der Waals surface area (Å²) >= 11 is 1.12. The first-order valence-electron chi connectivity index (χ1n) is 10.3.